The summed E-state index contributed by atoms with van der Waals surface area (Å²) in [5, 5.41) is 3.52. The molecule has 0 bridgehead atoms. The van der Waals surface area contributed by atoms with Crippen LogP contribution >= 0.6 is 11.6 Å². The lowest BCUT2D eigenvalue weighted by Gasteiger charge is -2.29. The van der Waals surface area contributed by atoms with Crippen LogP contribution in [-0.4, -0.2) is 29.3 Å². The fourth-order valence-corrected chi connectivity index (χ4v) is 3.03. The molecule has 1 atom stereocenters. The molecule has 2 rings (SSSR count). The molecule has 0 aliphatic rings. The summed E-state index contributed by atoms with van der Waals surface area (Å²) >= 11 is 6.03. The quantitative estimate of drug-likeness (QED) is 0.656. The molecule has 5 heteroatoms. The Kier molecular flexibility index (Phi) is 8.34. The number of unbranched alkanes of at least 4 members (excludes halogenated alkanes) is 1. The third-order valence-corrected chi connectivity index (χ3v) is 4.67. The van der Waals surface area contributed by atoms with E-state index < -0.39 is 6.04 Å². The molecular weight excluding hydrogens is 360 g/mol. The average molecular weight is 387 g/mol. The van der Waals surface area contributed by atoms with Gasteiger partial charge in [-0.2, -0.15) is 0 Å². The second kappa shape index (κ2) is 10.7. The van der Waals surface area contributed by atoms with E-state index in [0.29, 0.717) is 18.1 Å². The van der Waals surface area contributed by atoms with Crippen LogP contribution < -0.4 is 5.32 Å². The van der Waals surface area contributed by atoms with Crippen molar-refractivity contribution in [2.45, 2.75) is 45.7 Å². The van der Waals surface area contributed by atoms with E-state index in [2.05, 4.69) is 12.2 Å². The lowest BCUT2D eigenvalue weighted by molar-refractivity contribution is -0.140. The monoisotopic (exact) mass is 386 g/mol. The van der Waals surface area contributed by atoms with E-state index in [9.17, 15) is 9.59 Å². The Morgan fingerprint density at radius 1 is 1.07 bits per heavy atom. The van der Waals surface area contributed by atoms with Gasteiger partial charge in [0.05, 0.1) is 6.42 Å². The highest BCUT2D eigenvalue weighted by Gasteiger charge is 2.26. The summed E-state index contributed by atoms with van der Waals surface area (Å²) in [6.45, 7) is 4.87. The van der Waals surface area contributed by atoms with Gasteiger partial charge in [0.1, 0.15) is 6.04 Å². The number of hydrogen-bond acceptors (Lipinski definition) is 2. The van der Waals surface area contributed by atoms with Crippen molar-refractivity contribution in [2.24, 2.45) is 0 Å². The van der Waals surface area contributed by atoms with Crippen molar-refractivity contribution in [3.05, 3.63) is 70.7 Å². The number of nitrogens with zero attached hydrogens (tertiary/aromatic N) is 1. The van der Waals surface area contributed by atoms with Crippen molar-refractivity contribution in [3.8, 4) is 0 Å². The molecule has 4 nitrogen and oxygen atoms in total. The molecule has 2 aromatic rings. The van der Waals surface area contributed by atoms with Gasteiger partial charge in [0.15, 0.2) is 0 Å². The van der Waals surface area contributed by atoms with Crippen LogP contribution in [0.25, 0.3) is 0 Å². The Bertz CT molecular complexity index is 749. The first-order chi connectivity index (χ1) is 13.0. The maximum atomic E-state index is 13.0. The minimum Gasteiger partial charge on any atom is -0.354 e. The first-order valence-corrected chi connectivity index (χ1v) is 9.74. The first-order valence-electron chi connectivity index (χ1n) is 9.36. The molecular formula is C22H27ClN2O2. The summed E-state index contributed by atoms with van der Waals surface area (Å²) < 4.78 is 0. The normalized spacial score (nSPS) is 11.7. The Labute approximate surface area is 166 Å². The van der Waals surface area contributed by atoms with Gasteiger partial charge in [0, 0.05) is 18.1 Å². The Morgan fingerprint density at radius 2 is 1.78 bits per heavy atom. The predicted octanol–water partition coefficient (Wildman–Crippen LogP) is 4.22. The topological polar surface area (TPSA) is 49.4 Å². The molecule has 0 heterocycles. The summed E-state index contributed by atoms with van der Waals surface area (Å²) in [4.78, 5) is 27.2. The molecule has 27 heavy (non-hydrogen) atoms. The van der Waals surface area contributed by atoms with Crippen LogP contribution in [0.3, 0.4) is 0 Å². The first kappa shape index (κ1) is 21.0. The molecule has 2 aromatic carbocycles. The number of halogens is 1. The third kappa shape index (κ3) is 6.72. The SMILES string of the molecule is CCCCNC(=O)[C@@H](C)N(Cc1ccccc1)C(=O)Cc1cccc(Cl)c1. The number of carbonyl (C=O) groups excluding carboxylic acids is 2. The standard InChI is InChI=1S/C22H27ClN2O2/c1-3-4-13-24-22(27)17(2)25(16-18-9-6-5-7-10-18)21(26)15-19-11-8-12-20(23)14-19/h5-12,14,17H,3-4,13,15-16H2,1-2H3,(H,24,27)/t17-/m1/s1. The molecule has 0 aliphatic carbocycles. The lowest BCUT2D eigenvalue weighted by atomic mass is 10.1. The second-order valence-electron chi connectivity index (χ2n) is 6.63. The largest absolute Gasteiger partial charge is 0.354 e. The zero-order chi connectivity index (χ0) is 19.6. The van der Waals surface area contributed by atoms with E-state index >= 15 is 0 Å². The third-order valence-electron chi connectivity index (χ3n) is 4.44. The highest BCUT2D eigenvalue weighted by molar-refractivity contribution is 6.30. The van der Waals surface area contributed by atoms with Gasteiger partial charge in [0.2, 0.25) is 11.8 Å². The Balaban J connectivity index is 2.15. The average Bonchev–Trinajstić information content (AvgIpc) is 2.66. The highest BCUT2D eigenvalue weighted by atomic mass is 35.5. The van der Waals surface area contributed by atoms with Crippen molar-refractivity contribution in [1.82, 2.24) is 10.2 Å². The number of hydrogen-bond donors (Lipinski definition) is 1. The van der Waals surface area contributed by atoms with Gasteiger partial charge in [-0.25, -0.2) is 0 Å². The number of carbonyl (C=O) groups is 2. The van der Waals surface area contributed by atoms with Crippen LogP contribution in [0.4, 0.5) is 0 Å². The summed E-state index contributed by atoms with van der Waals surface area (Å²) in [6, 6.07) is 16.4. The maximum absolute atomic E-state index is 13.0. The van der Waals surface area contributed by atoms with E-state index in [-0.39, 0.29) is 18.2 Å². The minimum absolute atomic E-state index is 0.0979. The maximum Gasteiger partial charge on any atom is 0.242 e. The fourth-order valence-electron chi connectivity index (χ4n) is 2.82. The minimum atomic E-state index is -0.547. The molecule has 0 aliphatic heterocycles. The molecule has 0 unspecified atom stereocenters. The zero-order valence-corrected chi connectivity index (χ0v) is 16.7. The summed E-state index contributed by atoms with van der Waals surface area (Å²) in [5.74, 6) is -0.224. The highest BCUT2D eigenvalue weighted by Crippen LogP contribution is 2.15. The van der Waals surface area contributed by atoms with Gasteiger partial charge in [0.25, 0.3) is 0 Å². The van der Waals surface area contributed by atoms with Crippen LogP contribution in [0, 0.1) is 0 Å². The van der Waals surface area contributed by atoms with Gasteiger partial charge >= 0.3 is 0 Å². The lowest BCUT2D eigenvalue weighted by Crippen LogP contribution is -2.48. The summed E-state index contributed by atoms with van der Waals surface area (Å²) in [7, 11) is 0. The molecule has 0 spiro atoms. The zero-order valence-electron chi connectivity index (χ0n) is 16.0. The van der Waals surface area contributed by atoms with Gasteiger partial charge in [-0.05, 0) is 36.6 Å². The van der Waals surface area contributed by atoms with E-state index in [1.165, 1.54) is 0 Å². The second-order valence-corrected chi connectivity index (χ2v) is 7.07. The van der Waals surface area contributed by atoms with E-state index in [1.54, 1.807) is 24.0 Å². The fraction of sp³-hybridized carbons (Fsp3) is 0.364. The molecule has 0 radical (unpaired) electrons. The molecule has 1 N–H and O–H groups in total. The van der Waals surface area contributed by atoms with Crippen molar-refractivity contribution in [1.29, 1.82) is 0 Å². The van der Waals surface area contributed by atoms with E-state index in [1.807, 2.05) is 42.5 Å². The number of nitrogens with one attached hydrogen (secondary N) is 1. The predicted molar refractivity (Wildman–Crippen MR) is 110 cm³/mol. The Morgan fingerprint density at radius 3 is 2.44 bits per heavy atom. The van der Waals surface area contributed by atoms with Crippen molar-refractivity contribution in [2.75, 3.05) is 6.54 Å². The molecule has 0 fully saturated rings. The summed E-state index contributed by atoms with van der Waals surface area (Å²) in [5.41, 5.74) is 1.83. The van der Waals surface area contributed by atoms with Crippen LogP contribution in [0.5, 0.6) is 0 Å². The molecule has 2 amide bonds. The Hall–Kier alpha value is -2.33. The van der Waals surface area contributed by atoms with E-state index in [4.69, 9.17) is 11.6 Å². The molecule has 144 valence electrons. The summed E-state index contributed by atoms with van der Waals surface area (Å²) in [6.07, 6.45) is 2.14. The smallest absolute Gasteiger partial charge is 0.242 e. The molecule has 0 saturated carbocycles. The van der Waals surface area contributed by atoms with Crippen LogP contribution in [0.2, 0.25) is 5.02 Å². The van der Waals surface area contributed by atoms with Crippen LogP contribution in [-0.2, 0) is 22.6 Å². The van der Waals surface area contributed by atoms with Crippen LogP contribution in [0.15, 0.2) is 54.6 Å². The van der Waals surface area contributed by atoms with Gasteiger partial charge in [-0.15, -0.1) is 0 Å². The van der Waals surface area contributed by atoms with Gasteiger partial charge < -0.3 is 10.2 Å². The molecule has 0 saturated heterocycles. The van der Waals surface area contributed by atoms with Gasteiger partial charge in [-0.1, -0.05) is 67.4 Å². The van der Waals surface area contributed by atoms with Crippen molar-refractivity contribution in [3.63, 3.8) is 0 Å². The molecule has 0 aromatic heterocycles. The van der Waals surface area contributed by atoms with Crippen molar-refractivity contribution < 1.29 is 9.59 Å². The number of amides is 2. The van der Waals surface area contributed by atoms with Crippen molar-refractivity contribution >= 4 is 23.4 Å². The van der Waals surface area contributed by atoms with E-state index in [0.717, 1.165) is 24.0 Å². The number of rotatable bonds is 9. The number of benzene rings is 2. The van der Waals surface area contributed by atoms with Crippen LogP contribution in [0.1, 0.15) is 37.8 Å². The van der Waals surface area contributed by atoms with Gasteiger partial charge in [-0.3, -0.25) is 9.59 Å².